The minimum absolute atomic E-state index is 0.0495. The highest BCUT2D eigenvalue weighted by molar-refractivity contribution is 7.89. The van der Waals surface area contributed by atoms with Crippen molar-refractivity contribution in [2.75, 3.05) is 11.5 Å². The molecule has 0 unspecified atom stereocenters. The summed E-state index contributed by atoms with van der Waals surface area (Å²) in [7, 11) is -7.65. The van der Waals surface area contributed by atoms with Gasteiger partial charge in [0.05, 0.1) is 11.5 Å². The Morgan fingerprint density at radius 2 is 1.16 bits per heavy atom. The number of rotatable bonds is 10. The Bertz CT molecular complexity index is 406. The minimum Gasteiger partial charge on any atom is -0.315 e. The second kappa shape index (κ2) is 8.17. The monoisotopic (exact) mass is 316 g/mol. The lowest BCUT2D eigenvalue weighted by Crippen LogP contribution is -2.35. The summed E-state index contributed by atoms with van der Waals surface area (Å²) in [6.07, 6.45) is 0. The SMILES string of the molecule is CC(C)CS(=O)(=O)NOBONS(=O)(=O)CC(C)C. The summed E-state index contributed by atoms with van der Waals surface area (Å²) in [6, 6.07) is 0. The lowest BCUT2D eigenvalue weighted by Gasteiger charge is -2.10. The molecule has 114 valence electrons. The Morgan fingerprint density at radius 1 is 0.842 bits per heavy atom. The average molecular weight is 316 g/mol. The summed E-state index contributed by atoms with van der Waals surface area (Å²) in [5.74, 6) is -0.281. The molecule has 11 heteroatoms. The van der Waals surface area contributed by atoms with Crippen LogP contribution >= 0.6 is 0 Å². The molecule has 19 heavy (non-hydrogen) atoms. The van der Waals surface area contributed by atoms with Gasteiger partial charge in [-0.2, -0.15) is 0 Å². The first-order chi connectivity index (χ1) is 8.54. The summed E-state index contributed by atoms with van der Waals surface area (Å²) in [6.45, 7) is 6.98. The Hall–Kier alpha value is -0.195. The van der Waals surface area contributed by atoms with Crippen LogP contribution in [0.3, 0.4) is 0 Å². The van der Waals surface area contributed by atoms with Gasteiger partial charge in [-0.05, 0) is 11.8 Å². The van der Waals surface area contributed by atoms with E-state index in [2.05, 4.69) is 9.51 Å². The van der Waals surface area contributed by atoms with Gasteiger partial charge in [-0.15, -0.1) is 9.77 Å². The van der Waals surface area contributed by atoms with Gasteiger partial charge in [0.1, 0.15) is 0 Å². The van der Waals surface area contributed by atoms with Crippen LogP contribution in [-0.4, -0.2) is 36.0 Å². The van der Waals surface area contributed by atoms with Gasteiger partial charge in [0.15, 0.2) is 0 Å². The van der Waals surface area contributed by atoms with Gasteiger partial charge >= 0.3 is 7.69 Å². The number of hydrogen-bond acceptors (Lipinski definition) is 6. The van der Waals surface area contributed by atoms with Crippen molar-refractivity contribution in [2.24, 2.45) is 11.8 Å². The second-order valence-corrected chi connectivity index (χ2v) is 8.38. The van der Waals surface area contributed by atoms with E-state index in [4.69, 9.17) is 0 Å². The average Bonchev–Trinajstić information content (AvgIpc) is 2.11. The molecular weight excluding hydrogens is 295 g/mol. The molecule has 0 aromatic rings. The van der Waals surface area contributed by atoms with Gasteiger partial charge < -0.3 is 9.51 Å². The molecule has 0 amide bonds. The van der Waals surface area contributed by atoms with Crippen molar-refractivity contribution in [3.8, 4) is 0 Å². The third kappa shape index (κ3) is 11.3. The maximum Gasteiger partial charge on any atom is 0.476 e. The molecule has 0 aliphatic heterocycles. The molecule has 0 heterocycles. The van der Waals surface area contributed by atoms with Crippen LogP contribution in [0.2, 0.25) is 0 Å². The maximum atomic E-state index is 11.3. The van der Waals surface area contributed by atoms with Crippen molar-refractivity contribution in [3.05, 3.63) is 0 Å². The van der Waals surface area contributed by atoms with Crippen molar-refractivity contribution in [1.82, 2.24) is 9.77 Å². The lowest BCUT2D eigenvalue weighted by atomic mass is 10.3. The first-order valence-corrected chi connectivity index (χ1v) is 9.07. The normalized spacial score (nSPS) is 13.2. The number of hydrogen-bond donors (Lipinski definition) is 2. The van der Waals surface area contributed by atoms with Gasteiger partial charge in [-0.1, -0.05) is 27.7 Å². The van der Waals surface area contributed by atoms with Crippen molar-refractivity contribution in [3.63, 3.8) is 0 Å². The largest absolute Gasteiger partial charge is 0.476 e. The molecule has 0 aliphatic carbocycles. The van der Waals surface area contributed by atoms with Gasteiger partial charge in [-0.3, -0.25) is 0 Å². The smallest absolute Gasteiger partial charge is 0.315 e. The van der Waals surface area contributed by atoms with E-state index in [0.717, 1.165) is 0 Å². The van der Waals surface area contributed by atoms with E-state index in [1.807, 2.05) is 9.77 Å². The van der Waals surface area contributed by atoms with E-state index < -0.39 is 27.7 Å². The van der Waals surface area contributed by atoms with Gasteiger partial charge in [0, 0.05) is 0 Å². The van der Waals surface area contributed by atoms with Gasteiger partial charge in [-0.25, -0.2) is 16.8 Å². The molecule has 0 fully saturated rings. The van der Waals surface area contributed by atoms with Crippen LogP contribution in [0.15, 0.2) is 0 Å². The van der Waals surface area contributed by atoms with E-state index in [9.17, 15) is 16.8 Å². The van der Waals surface area contributed by atoms with Gasteiger partial charge in [0.25, 0.3) is 0 Å². The lowest BCUT2D eigenvalue weighted by molar-refractivity contribution is 0.172. The van der Waals surface area contributed by atoms with Crippen molar-refractivity contribution >= 4 is 27.7 Å². The fraction of sp³-hybridized carbons (Fsp3) is 1.00. The molecule has 0 aliphatic rings. The quantitative estimate of drug-likeness (QED) is 0.312. The van der Waals surface area contributed by atoms with Crippen molar-refractivity contribution in [2.45, 2.75) is 27.7 Å². The van der Waals surface area contributed by atoms with Crippen LogP contribution in [0.1, 0.15) is 27.7 Å². The summed E-state index contributed by atoms with van der Waals surface area (Å²) in [5.41, 5.74) is 0. The zero-order valence-electron chi connectivity index (χ0n) is 11.5. The van der Waals surface area contributed by atoms with E-state index in [-0.39, 0.29) is 23.3 Å². The van der Waals surface area contributed by atoms with E-state index in [1.165, 1.54) is 0 Å². The first-order valence-electron chi connectivity index (χ1n) is 5.76. The molecular formula is C8H21BN2O6S2. The fourth-order valence-electron chi connectivity index (χ4n) is 1.20. The van der Waals surface area contributed by atoms with Crippen LogP contribution in [0.5, 0.6) is 0 Å². The Labute approximate surface area is 115 Å². The van der Waals surface area contributed by atoms with E-state index in [1.54, 1.807) is 27.7 Å². The molecule has 0 saturated carbocycles. The topological polar surface area (TPSA) is 111 Å². The highest BCUT2D eigenvalue weighted by Crippen LogP contribution is 1.98. The summed E-state index contributed by atoms with van der Waals surface area (Å²) >= 11 is 0. The first kappa shape index (κ1) is 18.8. The molecule has 0 saturated heterocycles. The fourth-order valence-corrected chi connectivity index (χ4v) is 3.55. The molecule has 2 N–H and O–H groups in total. The Balaban J connectivity index is 3.89. The molecule has 8 nitrogen and oxygen atoms in total. The van der Waals surface area contributed by atoms with Gasteiger partial charge in [0.2, 0.25) is 20.0 Å². The Morgan fingerprint density at radius 3 is 1.42 bits per heavy atom. The molecule has 0 bridgehead atoms. The van der Waals surface area contributed by atoms with E-state index >= 15 is 0 Å². The highest BCUT2D eigenvalue weighted by atomic mass is 32.2. The number of sulfonamides is 2. The van der Waals surface area contributed by atoms with Crippen molar-refractivity contribution in [1.29, 1.82) is 0 Å². The predicted octanol–water partition coefficient (Wildman–Crippen LogP) is -0.733. The molecule has 0 aromatic heterocycles. The minimum atomic E-state index is -3.55. The second-order valence-electron chi connectivity index (χ2n) is 4.92. The van der Waals surface area contributed by atoms with Crippen LogP contribution in [-0.2, 0) is 29.6 Å². The summed E-state index contributed by atoms with van der Waals surface area (Å²) in [4.78, 5) is 3.66. The van der Waals surface area contributed by atoms with Crippen molar-refractivity contribution < 1.29 is 26.3 Å². The van der Waals surface area contributed by atoms with Crippen LogP contribution in [0, 0.1) is 11.8 Å². The molecule has 0 atom stereocenters. The standard InChI is InChI=1S/C8H21BN2O6S2/c1-7(2)5-18(12,13)10-16-9-17-11-19(14,15)6-8(3)4/h7-11H,5-6H2,1-4H3. The zero-order chi connectivity index (χ0) is 15.1. The Kier molecular flexibility index (Phi) is 8.09. The van der Waals surface area contributed by atoms with Crippen LogP contribution in [0.4, 0.5) is 0 Å². The molecule has 0 rings (SSSR count). The van der Waals surface area contributed by atoms with Crippen LogP contribution < -0.4 is 9.77 Å². The molecule has 0 radical (unpaired) electrons. The van der Waals surface area contributed by atoms with Crippen LogP contribution in [0.25, 0.3) is 0 Å². The maximum absolute atomic E-state index is 11.3. The zero-order valence-corrected chi connectivity index (χ0v) is 13.2. The highest BCUT2D eigenvalue weighted by Gasteiger charge is 2.15. The molecule has 0 aromatic carbocycles. The van der Waals surface area contributed by atoms with E-state index in [0.29, 0.717) is 0 Å². The third-order valence-electron chi connectivity index (χ3n) is 1.60. The predicted molar refractivity (Wildman–Crippen MR) is 72.8 cm³/mol. The summed E-state index contributed by atoms with van der Waals surface area (Å²) < 4.78 is 54.3. The summed E-state index contributed by atoms with van der Waals surface area (Å²) in [5, 5.41) is 0. The molecule has 0 spiro atoms. The number of nitrogens with one attached hydrogen (secondary N) is 2. The third-order valence-corrected chi connectivity index (χ3v) is 4.55.